The van der Waals surface area contributed by atoms with Crippen LogP contribution < -0.4 is 5.32 Å². The minimum atomic E-state index is -0.00517. The summed E-state index contributed by atoms with van der Waals surface area (Å²) in [6.45, 7) is 9.35. The van der Waals surface area contributed by atoms with Gasteiger partial charge >= 0.3 is 0 Å². The molecule has 2 saturated heterocycles. The Morgan fingerprint density at radius 2 is 2.18 bits per heavy atom. The van der Waals surface area contributed by atoms with Crippen LogP contribution in [-0.2, 0) is 9.53 Å². The van der Waals surface area contributed by atoms with Gasteiger partial charge in [0.25, 0.3) is 0 Å². The summed E-state index contributed by atoms with van der Waals surface area (Å²) in [5, 5.41) is 3.29. The summed E-state index contributed by atoms with van der Waals surface area (Å²) in [4.78, 5) is 14.8. The van der Waals surface area contributed by atoms with E-state index >= 15 is 0 Å². The van der Waals surface area contributed by atoms with E-state index in [2.05, 4.69) is 44.3 Å². The molecule has 2 heterocycles. The normalized spacial score (nSPS) is 28.9. The molecule has 1 aromatic carbocycles. The predicted molar refractivity (Wildman–Crippen MR) is 86.8 cm³/mol. The summed E-state index contributed by atoms with van der Waals surface area (Å²) >= 11 is 0. The highest BCUT2D eigenvalue weighted by molar-refractivity contribution is 5.80. The van der Waals surface area contributed by atoms with E-state index in [1.807, 2.05) is 4.90 Å². The van der Waals surface area contributed by atoms with Crippen molar-refractivity contribution in [2.75, 3.05) is 26.2 Å². The quantitative estimate of drug-likeness (QED) is 0.910. The smallest absolute Gasteiger partial charge is 0.227 e. The van der Waals surface area contributed by atoms with Gasteiger partial charge in [-0.25, -0.2) is 0 Å². The standard InChI is InChI=1S/C18H26N2O2/c1-12-4-5-13(2)16(8-12)17-10-20(14(3)11-22-17)18(21)15-6-7-19-9-15/h4-5,8,14-15,17,19H,6-7,9-11H2,1-3H3. The van der Waals surface area contributed by atoms with Gasteiger partial charge in [0.15, 0.2) is 0 Å². The Labute approximate surface area is 132 Å². The first-order valence-electron chi connectivity index (χ1n) is 8.26. The van der Waals surface area contributed by atoms with Crippen LogP contribution in [0.25, 0.3) is 0 Å². The molecule has 2 fully saturated rings. The predicted octanol–water partition coefficient (Wildman–Crippen LogP) is 2.20. The highest BCUT2D eigenvalue weighted by Crippen LogP contribution is 2.29. The molecule has 2 aliphatic rings. The van der Waals surface area contributed by atoms with Crippen molar-refractivity contribution >= 4 is 5.91 Å². The molecule has 0 spiro atoms. The van der Waals surface area contributed by atoms with E-state index < -0.39 is 0 Å². The molecule has 1 N–H and O–H groups in total. The van der Waals surface area contributed by atoms with Crippen LogP contribution in [0.2, 0.25) is 0 Å². The van der Waals surface area contributed by atoms with Crippen LogP contribution in [0.4, 0.5) is 0 Å². The Balaban J connectivity index is 1.78. The third kappa shape index (κ3) is 3.03. The molecule has 4 heteroatoms. The topological polar surface area (TPSA) is 41.6 Å². The largest absolute Gasteiger partial charge is 0.370 e. The van der Waals surface area contributed by atoms with Crippen LogP contribution in [0.3, 0.4) is 0 Å². The number of carbonyl (C=O) groups excluding carboxylic acids is 1. The van der Waals surface area contributed by atoms with Crippen LogP contribution >= 0.6 is 0 Å². The minimum absolute atomic E-state index is 0.00517. The van der Waals surface area contributed by atoms with E-state index in [0.29, 0.717) is 13.2 Å². The second kappa shape index (κ2) is 6.39. The summed E-state index contributed by atoms with van der Waals surface area (Å²) in [6.07, 6.45) is 0.950. The average Bonchev–Trinajstić information content (AvgIpc) is 3.04. The zero-order valence-electron chi connectivity index (χ0n) is 13.8. The van der Waals surface area contributed by atoms with Crippen molar-refractivity contribution in [1.82, 2.24) is 10.2 Å². The Hall–Kier alpha value is -1.39. The zero-order chi connectivity index (χ0) is 15.7. The Bertz CT molecular complexity index is 552. The molecule has 3 unspecified atom stereocenters. The van der Waals surface area contributed by atoms with E-state index in [-0.39, 0.29) is 24.0 Å². The van der Waals surface area contributed by atoms with Crippen molar-refractivity contribution in [2.24, 2.45) is 5.92 Å². The molecule has 0 aliphatic carbocycles. The molecule has 3 rings (SSSR count). The van der Waals surface area contributed by atoms with Gasteiger partial charge in [-0.3, -0.25) is 4.79 Å². The lowest BCUT2D eigenvalue weighted by molar-refractivity contribution is -0.148. The van der Waals surface area contributed by atoms with Gasteiger partial charge in [0.1, 0.15) is 6.10 Å². The number of benzene rings is 1. The maximum atomic E-state index is 12.8. The number of amides is 1. The number of aryl methyl sites for hydroxylation is 2. The number of hydrogen-bond donors (Lipinski definition) is 1. The van der Waals surface area contributed by atoms with E-state index in [9.17, 15) is 4.79 Å². The van der Waals surface area contributed by atoms with Crippen molar-refractivity contribution in [2.45, 2.75) is 39.3 Å². The molecule has 4 nitrogen and oxygen atoms in total. The highest BCUT2D eigenvalue weighted by Gasteiger charge is 2.35. The Morgan fingerprint density at radius 1 is 1.36 bits per heavy atom. The van der Waals surface area contributed by atoms with Gasteiger partial charge in [-0.1, -0.05) is 23.8 Å². The minimum Gasteiger partial charge on any atom is -0.370 e. The maximum absolute atomic E-state index is 12.8. The van der Waals surface area contributed by atoms with Crippen molar-refractivity contribution in [3.8, 4) is 0 Å². The van der Waals surface area contributed by atoms with Crippen LogP contribution in [0, 0.1) is 19.8 Å². The van der Waals surface area contributed by atoms with E-state index in [1.165, 1.54) is 16.7 Å². The Kier molecular flexibility index (Phi) is 4.50. The van der Waals surface area contributed by atoms with Gasteiger partial charge in [0, 0.05) is 6.54 Å². The molecule has 3 atom stereocenters. The molecular weight excluding hydrogens is 276 g/mol. The summed E-state index contributed by atoms with van der Waals surface area (Å²) in [6, 6.07) is 6.61. The summed E-state index contributed by atoms with van der Waals surface area (Å²) in [5.74, 6) is 0.427. The van der Waals surface area contributed by atoms with E-state index in [1.54, 1.807) is 0 Å². The van der Waals surface area contributed by atoms with Gasteiger partial charge in [0.05, 0.1) is 25.1 Å². The fraction of sp³-hybridized carbons (Fsp3) is 0.611. The van der Waals surface area contributed by atoms with Gasteiger partial charge in [0.2, 0.25) is 5.91 Å². The third-order valence-corrected chi connectivity index (χ3v) is 4.91. The molecule has 2 aliphatic heterocycles. The molecule has 0 bridgehead atoms. The molecule has 22 heavy (non-hydrogen) atoms. The number of ether oxygens (including phenoxy) is 1. The molecule has 0 saturated carbocycles. The first-order valence-corrected chi connectivity index (χ1v) is 8.26. The highest BCUT2D eigenvalue weighted by atomic mass is 16.5. The summed E-state index contributed by atoms with van der Waals surface area (Å²) in [5.41, 5.74) is 3.69. The van der Waals surface area contributed by atoms with E-state index in [0.717, 1.165) is 19.5 Å². The number of morpholine rings is 1. The zero-order valence-corrected chi connectivity index (χ0v) is 13.8. The fourth-order valence-corrected chi connectivity index (χ4v) is 3.46. The number of rotatable bonds is 2. The van der Waals surface area contributed by atoms with Gasteiger partial charge in [-0.2, -0.15) is 0 Å². The average molecular weight is 302 g/mol. The second-order valence-corrected chi connectivity index (χ2v) is 6.71. The van der Waals surface area contributed by atoms with Crippen molar-refractivity contribution in [1.29, 1.82) is 0 Å². The first kappa shape index (κ1) is 15.5. The third-order valence-electron chi connectivity index (χ3n) is 4.91. The van der Waals surface area contributed by atoms with Crippen LogP contribution in [0.15, 0.2) is 18.2 Å². The molecular formula is C18H26N2O2. The number of nitrogens with one attached hydrogen (secondary N) is 1. The van der Waals surface area contributed by atoms with Gasteiger partial charge in [-0.05, 0) is 44.9 Å². The summed E-state index contributed by atoms with van der Waals surface area (Å²) < 4.78 is 6.05. The molecule has 0 aromatic heterocycles. The molecule has 120 valence electrons. The first-order chi connectivity index (χ1) is 10.6. The van der Waals surface area contributed by atoms with Crippen molar-refractivity contribution < 1.29 is 9.53 Å². The van der Waals surface area contributed by atoms with Gasteiger partial charge in [-0.15, -0.1) is 0 Å². The molecule has 1 amide bonds. The summed E-state index contributed by atoms with van der Waals surface area (Å²) in [7, 11) is 0. The fourth-order valence-electron chi connectivity index (χ4n) is 3.46. The maximum Gasteiger partial charge on any atom is 0.227 e. The number of hydrogen-bond acceptors (Lipinski definition) is 3. The van der Waals surface area contributed by atoms with Crippen LogP contribution in [-0.4, -0.2) is 43.1 Å². The monoisotopic (exact) mass is 302 g/mol. The van der Waals surface area contributed by atoms with Crippen LogP contribution in [0.5, 0.6) is 0 Å². The lowest BCUT2D eigenvalue weighted by Gasteiger charge is -2.39. The van der Waals surface area contributed by atoms with Crippen molar-refractivity contribution in [3.63, 3.8) is 0 Å². The number of carbonyl (C=O) groups is 1. The Morgan fingerprint density at radius 3 is 2.91 bits per heavy atom. The van der Waals surface area contributed by atoms with E-state index in [4.69, 9.17) is 4.74 Å². The number of nitrogens with zero attached hydrogens (tertiary/aromatic N) is 1. The molecule has 0 radical (unpaired) electrons. The lowest BCUT2D eigenvalue weighted by atomic mass is 9.97. The van der Waals surface area contributed by atoms with Gasteiger partial charge < -0.3 is 15.0 Å². The SMILES string of the molecule is Cc1ccc(C)c(C2CN(C(=O)C3CCNC3)C(C)CO2)c1. The molecule has 1 aromatic rings. The lowest BCUT2D eigenvalue weighted by Crippen LogP contribution is -2.50. The van der Waals surface area contributed by atoms with Crippen LogP contribution in [0.1, 0.15) is 36.1 Å². The van der Waals surface area contributed by atoms with Crippen molar-refractivity contribution in [3.05, 3.63) is 34.9 Å². The second-order valence-electron chi connectivity index (χ2n) is 6.71.